The molecular weight excluding hydrogens is 261 g/mol. The Labute approximate surface area is 121 Å². The maximum Gasteiger partial charge on any atom is 0.124 e. The molecule has 0 spiro atoms. The van der Waals surface area contributed by atoms with Crippen LogP contribution >= 0.6 is 11.6 Å². The average Bonchev–Trinajstić information content (AvgIpc) is 2.39. The number of unbranched alkanes of at least 4 members (excludes halogenated alkanes) is 5. The number of rotatable bonds is 9. The first kappa shape index (κ1) is 16.5. The Morgan fingerprint density at radius 3 is 2.47 bits per heavy atom. The lowest BCUT2D eigenvalue weighted by Gasteiger charge is -2.18. The lowest BCUT2D eigenvalue weighted by atomic mass is 9.99. The fourth-order valence-electron chi connectivity index (χ4n) is 2.37. The molecule has 1 N–H and O–H groups in total. The number of benzene rings is 1. The van der Waals surface area contributed by atoms with Crippen molar-refractivity contribution in [3.8, 4) is 0 Å². The summed E-state index contributed by atoms with van der Waals surface area (Å²) in [6, 6.07) is 4.88. The number of hydrogen-bond acceptors (Lipinski definition) is 1. The lowest BCUT2D eigenvalue weighted by Crippen LogP contribution is -2.16. The maximum atomic E-state index is 13.0. The molecule has 0 bridgehead atoms. The van der Waals surface area contributed by atoms with Crippen LogP contribution in [-0.2, 0) is 0 Å². The Morgan fingerprint density at radius 1 is 1.16 bits per heavy atom. The first-order valence-corrected chi connectivity index (χ1v) is 7.69. The minimum Gasteiger partial charge on any atom is -0.313 e. The molecule has 0 saturated carbocycles. The van der Waals surface area contributed by atoms with Gasteiger partial charge in [-0.15, -0.1) is 0 Å². The summed E-state index contributed by atoms with van der Waals surface area (Å²) < 4.78 is 13.0. The van der Waals surface area contributed by atoms with Gasteiger partial charge in [-0.25, -0.2) is 4.39 Å². The highest BCUT2D eigenvalue weighted by Gasteiger charge is 2.12. The highest BCUT2D eigenvalue weighted by Crippen LogP contribution is 2.27. The third-order valence-corrected chi connectivity index (χ3v) is 3.86. The van der Waals surface area contributed by atoms with Crippen LogP contribution in [0.1, 0.15) is 63.5 Å². The van der Waals surface area contributed by atoms with E-state index in [1.54, 1.807) is 6.07 Å². The third kappa shape index (κ3) is 5.92. The van der Waals surface area contributed by atoms with E-state index in [0.717, 1.165) is 12.0 Å². The molecule has 0 fully saturated rings. The van der Waals surface area contributed by atoms with E-state index in [-0.39, 0.29) is 11.9 Å². The van der Waals surface area contributed by atoms with Crippen molar-refractivity contribution in [1.82, 2.24) is 5.32 Å². The largest absolute Gasteiger partial charge is 0.313 e. The summed E-state index contributed by atoms with van der Waals surface area (Å²) in [6.45, 7) is 2.23. The van der Waals surface area contributed by atoms with Crippen LogP contribution in [0.15, 0.2) is 18.2 Å². The summed E-state index contributed by atoms with van der Waals surface area (Å²) in [4.78, 5) is 0. The van der Waals surface area contributed by atoms with Gasteiger partial charge in [-0.1, -0.05) is 63.1 Å². The molecule has 0 radical (unpaired) electrons. The van der Waals surface area contributed by atoms with E-state index in [9.17, 15) is 4.39 Å². The van der Waals surface area contributed by atoms with Crippen LogP contribution < -0.4 is 5.32 Å². The number of nitrogens with one attached hydrogen (secondary N) is 1. The van der Waals surface area contributed by atoms with Crippen molar-refractivity contribution in [2.24, 2.45) is 0 Å². The molecule has 1 unspecified atom stereocenters. The zero-order valence-corrected chi connectivity index (χ0v) is 12.8. The summed E-state index contributed by atoms with van der Waals surface area (Å²) in [5.41, 5.74) is 0.999. The number of halogens is 2. The number of hydrogen-bond donors (Lipinski definition) is 1. The molecule has 1 rings (SSSR count). The summed E-state index contributed by atoms with van der Waals surface area (Å²) in [7, 11) is 1.93. The highest BCUT2D eigenvalue weighted by atomic mass is 35.5. The molecule has 1 aromatic rings. The van der Waals surface area contributed by atoms with Crippen LogP contribution in [0.5, 0.6) is 0 Å². The summed E-state index contributed by atoms with van der Waals surface area (Å²) in [5.74, 6) is -0.275. The molecule has 1 atom stereocenters. The predicted octanol–water partition coefficient (Wildman–Crippen LogP) is 5.49. The van der Waals surface area contributed by atoms with E-state index in [1.807, 2.05) is 7.05 Å². The fourth-order valence-corrected chi connectivity index (χ4v) is 2.67. The standard InChI is InChI=1S/C16H25ClFN/c1-3-4-5-6-7-8-9-16(19-2)14-11-10-13(18)12-15(14)17/h10-12,16,19H,3-9H2,1-2H3. The smallest absolute Gasteiger partial charge is 0.124 e. The van der Waals surface area contributed by atoms with Crippen molar-refractivity contribution in [2.45, 2.75) is 57.9 Å². The van der Waals surface area contributed by atoms with E-state index < -0.39 is 0 Å². The molecular formula is C16H25ClFN. The summed E-state index contributed by atoms with van der Waals surface area (Å²) in [6.07, 6.45) is 8.75. The van der Waals surface area contributed by atoms with Crippen LogP contribution in [0.4, 0.5) is 4.39 Å². The van der Waals surface area contributed by atoms with Crippen molar-refractivity contribution in [1.29, 1.82) is 0 Å². The molecule has 19 heavy (non-hydrogen) atoms. The van der Waals surface area contributed by atoms with Crippen LogP contribution in [0, 0.1) is 5.82 Å². The van der Waals surface area contributed by atoms with Gasteiger partial charge >= 0.3 is 0 Å². The average molecular weight is 286 g/mol. The van der Waals surface area contributed by atoms with E-state index in [4.69, 9.17) is 11.6 Å². The quantitative estimate of drug-likeness (QED) is 0.592. The molecule has 0 saturated heterocycles. The van der Waals surface area contributed by atoms with Gasteiger partial charge in [-0.3, -0.25) is 0 Å². The second-order valence-electron chi connectivity index (χ2n) is 5.06. The molecule has 0 amide bonds. The normalized spacial score (nSPS) is 12.6. The van der Waals surface area contributed by atoms with E-state index in [1.165, 1.54) is 50.7 Å². The minimum absolute atomic E-state index is 0.222. The van der Waals surface area contributed by atoms with Gasteiger partial charge in [0, 0.05) is 11.1 Å². The first-order chi connectivity index (χ1) is 9.19. The van der Waals surface area contributed by atoms with E-state index in [2.05, 4.69) is 12.2 Å². The Balaban J connectivity index is 2.40. The first-order valence-electron chi connectivity index (χ1n) is 7.31. The Bertz CT molecular complexity index is 368. The molecule has 0 aromatic heterocycles. The van der Waals surface area contributed by atoms with Crippen LogP contribution in [0.25, 0.3) is 0 Å². The zero-order valence-electron chi connectivity index (χ0n) is 12.0. The van der Waals surface area contributed by atoms with Gasteiger partial charge in [0.2, 0.25) is 0 Å². The topological polar surface area (TPSA) is 12.0 Å². The van der Waals surface area contributed by atoms with E-state index >= 15 is 0 Å². The van der Waals surface area contributed by atoms with Crippen LogP contribution in [0.3, 0.4) is 0 Å². The van der Waals surface area contributed by atoms with Gasteiger partial charge in [0.15, 0.2) is 0 Å². The Morgan fingerprint density at radius 2 is 1.84 bits per heavy atom. The second kappa shape index (κ2) is 9.33. The van der Waals surface area contributed by atoms with Crippen molar-refractivity contribution >= 4 is 11.6 Å². The molecule has 0 aliphatic rings. The van der Waals surface area contributed by atoms with Crippen molar-refractivity contribution < 1.29 is 4.39 Å². The minimum atomic E-state index is -0.275. The summed E-state index contributed by atoms with van der Waals surface area (Å²) in [5, 5.41) is 3.79. The lowest BCUT2D eigenvalue weighted by molar-refractivity contribution is 0.497. The van der Waals surface area contributed by atoms with Crippen molar-refractivity contribution in [3.05, 3.63) is 34.6 Å². The SMILES string of the molecule is CCCCCCCCC(NC)c1ccc(F)cc1Cl. The maximum absolute atomic E-state index is 13.0. The van der Waals surface area contributed by atoms with Crippen molar-refractivity contribution in [2.75, 3.05) is 7.05 Å². The summed E-state index contributed by atoms with van der Waals surface area (Å²) >= 11 is 6.10. The monoisotopic (exact) mass is 285 g/mol. The third-order valence-electron chi connectivity index (χ3n) is 3.53. The molecule has 3 heteroatoms. The van der Waals surface area contributed by atoms with Gasteiger partial charge in [0.05, 0.1) is 0 Å². The van der Waals surface area contributed by atoms with E-state index in [0.29, 0.717) is 5.02 Å². The van der Waals surface area contributed by atoms with Gasteiger partial charge in [-0.2, -0.15) is 0 Å². The molecule has 0 aliphatic heterocycles. The fraction of sp³-hybridized carbons (Fsp3) is 0.625. The van der Waals surface area contributed by atoms with Gasteiger partial charge in [0.1, 0.15) is 5.82 Å². The Hall–Kier alpha value is -0.600. The van der Waals surface area contributed by atoms with Crippen LogP contribution in [-0.4, -0.2) is 7.05 Å². The molecule has 0 aliphatic carbocycles. The molecule has 108 valence electrons. The molecule has 1 aromatic carbocycles. The van der Waals surface area contributed by atoms with Crippen molar-refractivity contribution in [3.63, 3.8) is 0 Å². The molecule has 0 heterocycles. The Kier molecular flexibility index (Phi) is 8.08. The second-order valence-corrected chi connectivity index (χ2v) is 5.47. The zero-order chi connectivity index (χ0) is 14.1. The molecule has 1 nitrogen and oxygen atoms in total. The highest BCUT2D eigenvalue weighted by molar-refractivity contribution is 6.31. The van der Waals surface area contributed by atoms with Gasteiger partial charge < -0.3 is 5.32 Å². The predicted molar refractivity (Wildman–Crippen MR) is 81.2 cm³/mol. The van der Waals surface area contributed by atoms with Gasteiger partial charge in [-0.05, 0) is 31.2 Å². The van der Waals surface area contributed by atoms with Crippen LogP contribution in [0.2, 0.25) is 5.02 Å². The van der Waals surface area contributed by atoms with Gasteiger partial charge in [0.25, 0.3) is 0 Å².